The number of phenols is 1. The van der Waals surface area contributed by atoms with Crippen LogP contribution < -0.4 is 5.32 Å². The van der Waals surface area contributed by atoms with Crippen LogP contribution in [0.25, 0.3) is 0 Å². The Kier molecular flexibility index (Phi) is 4.22. The summed E-state index contributed by atoms with van der Waals surface area (Å²) in [7, 11) is 1.97. The molecule has 0 aromatic heterocycles. The van der Waals surface area contributed by atoms with E-state index in [1.807, 2.05) is 14.0 Å². The quantitative estimate of drug-likeness (QED) is 0.835. The maximum Gasteiger partial charge on any atom is 0.123 e. The minimum atomic E-state index is 0. The highest BCUT2D eigenvalue weighted by molar-refractivity contribution is 5.85. The first-order valence-corrected chi connectivity index (χ1v) is 5.70. The molecule has 1 aliphatic rings. The Balaban J connectivity index is 0.00000128. The number of benzene rings is 1. The van der Waals surface area contributed by atoms with Gasteiger partial charge in [-0.05, 0) is 49.9 Å². The predicted molar refractivity (Wildman–Crippen MR) is 69.6 cm³/mol. The molecule has 16 heavy (non-hydrogen) atoms. The molecule has 0 spiro atoms. The van der Waals surface area contributed by atoms with Crippen LogP contribution in [0.2, 0.25) is 0 Å². The second-order valence-electron chi connectivity index (χ2n) is 4.33. The van der Waals surface area contributed by atoms with Gasteiger partial charge in [-0.3, -0.25) is 0 Å². The molecular formula is C13H20ClNO. The van der Waals surface area contributed by atoms with Gasteiger partial charge in [-0.15, -0.1) is 12.4 Å². The molecule has 90 valence electrons. The summed E-state index contributed by atoms with van der Waals surface area (Å²) in [5, 5.41) is 13.4. The van der Waals surface area contributed by atoms with Crippen molar-refractivity contribution in [2.75, 3.05) is 7.05 Å². The van der Waals surface area contributed by atoms with Crippen LogP contribution in [0, 0.1) is 6.92 Å². The number of rotatable bonds is 2. The van der Waals surface area contributed by atoms with Crippen molar-refractivity contribution in [3.05, 3.63) is 28.3 Å². The van der Waals surface area contributed by atoms with Crippen molar-refractivity contribution in [3.8, 4) is 5.75 Å². The molecule has 0 bridgehead atoms. The van der Waals surface area contributed by atoms with E-state index in [1.54, 1.807) is 0 Å². The van der Waals surface area contributed by atoms with E-state index in [9.17, 15) is 5.11 Å². The molecule has 3 heteroatoms. The smallest absolute Gasteiger partial charge is 0.123 e. The van der Waals surface area contributed by atoms with Gasteiger partial charge in [0.1, 0.15) is 5.75 Å². The normalized spacial score (nSPS) is 18.1. The number of aromatic hydroxyl groups is 1. The van der Waals surface area contributed by atoms with Crippen LogP contribution in [0.3, 0.4) is 0 Å². The summed E-state index contributed by atoms with van der Waals surface area (Å²) in [5.74, 6) is 0.499. The fraction of sp³-hybridized carbons (Fsp3) is 0.538. The number of hydrogen-bond acceptors (Lipinski definition) is 2. The number of hydrogen-bond donors (Lipinski definition) is 2. The monoisotopic (exact) mass is 241 g/mol. The Morgan fingerprint density at radius 2 is 2.19 bits per heavy atom. The second kappa shape index (κ2) is 5.07. The van der Waals surface area contributed by atoms with E-state index in [4.69, 9.17) is 0 Å². The van der Waals surface area contributed by atoms with Crippen molar-refractivity contribution in [2.45, 2.75) is 39.2 Å². The summed E-state index contributed by atoms with van der Waals surface area (Å²) >= 11 is 0. The van der Waals surface area contributed by atoms with Gasteiger partial charge in [-0.2, -0.15) is 0 Å². The molecule has 0 saturated heterocycles. The lowest BCUT2D eigenvalue weighted by Gasteiger charge is -2.15. The first-order chi connectivity index (χ1) is 7.19. The average Bonchev–Trinajstić information content (AvgIpc) is 2.67. The third-order valence-electron chi connectivity index (χ3n) is 3.49. The topological polar surface area (TPSA) is 32.3 Å². The molecule has 2 N–H and O–H groups in total. The molecule has 0 radical (unpaired) electrons. The van der Waals surface area contributed by atoms with Crippen LogP contribution in [0.1, 0.15) is 41.6 Å². The number of nitrogens with one attached hydrogen (secondary N) is 1. The first-order valence-electron chi connectivity index (χ1n) is 5.70. The summed E-state index contributed by atoms with van der Waals surface area (Å²) in [6, 6.07) is 2.47. The van der Waals surface area contributed by atoms with Gasteiger partial charge in [0.2, 0.25) is 0 Å². The summed E-state index contributed by atoms with van der Waals surface area (Å²) in [4.78, 5) is 0. The van der Waals surface area contributed by atoms with Crippen LogP contribution >= 0.6 is 12.4 Å². The van der Waals surface area contributed by atoms with Crippen molar-refractivity contribution in [1.82, 2.24) is 5.32 Å². The van der Waals surface area contributed by atoms with Gasteiger partial charge in [0.05, 0.1) is 0 Å². The van der Waals surface area contributed by atoms with Crippen LogP contribution in [0.5, 0.6) is 5.75 Å². The molecule has 1 unspecified atom stereocenters. The number of aryl methyl sites for hydroxylation is 2. The van der Waals surface area contributed by atoms with E-state index in [0.717, 1.165) is 30.4 Å². The van der Waals surface area contributed by atoms with E-state index in [0.29, 0.717) is 11.8 Å². The third kappa shape index (κ3) is 1.92. The Morgan fingerprint density at radius 1 is 1.50 bits per heavy atom. The van der Waals surface area contributed by atoms with Crippen molar-refractivity contribution in [1.29, 1.82) is 0 Å². The molecule has 0 amide bonds. The maximum absolute atomic E-state index is 10.1. The third-order valence-corrected chi connectivity index (χ3v) is 3.49. The summed E-state index contributed by atoms with van der Waals surface area (Å²) < 4.78 is 0. The number of phenolic OH excluding ortho intramolecular Hbond substituents is 1. The molecule has 1 aromatic carbocycles. The Bertz CT molecular complexity index is 390. The zero-order chi connectivity index (χ0) is 11.0. The molecule has 1 atom stereocenters. The fourth-order valence-corrected chi connectivity index (χ4v) is 2.65. The van der Waals surface area contributed by atoms with Gasteiger partial charge in [0.15, 0.2) is 0 Å². The molecule has 2 rings (SSSR count). The number of halogens is 1. The van der Waals surface area contributed by atoms with E-state index >= 15 is 0 Å². The minimum Gasteiger partial charge on any atom is -0.507 e. The van der Waals surface area contributed by atoms with Crippen LogP contribution in [-0.2, 0) is 12.8 Å². The zero-order valence-corrected chi connectivity index (χ0v) is 10.9. The van der Waals surface area contributed by atoms with Gasteiger partial charge < -0.3 is 10.4 Å². The van der Waals surface area contributed by atoms with Gasteiger partial charge in [-0.25, -0.2) is 0 Å². The highest BCUT2D eigenvalue weighted by Crippen LogP contribution is 2.41. The Morgan fingerprint density at radius 3 is 2.75 bits per heavy atom. The second-order valence-corrected chi connectivity index (χ2v) is 4.33. The molecule has 0 fully saturated rings. The highest BCUT2D eigenvalue weighted by atomic mass is 35.5. The summed E-state index contributed by atoms with van der Waals surface area (Å²) in [6.07, 6.45) is 3.26. The highest BCUT2D eigenvalue weighted by Gasteiger charge is 2.27. The summed E-state index contributed by atoms with van der Waals surface area (Å²) in [5.41, 5.74) is 4.93. The average molecular weight is 242 g/mol. The largest absolute Gasteiger partial charge is 0.507 e. The zero-order valence-electron chi connectivity index (χ0n) is 10.1. The molecule has 0 saturated carbocycles. The van der Waals surface area contributed by atoms with E-state index < -0.39 is 0 Å². The lowest BCUT2D eigenvalue weighted by Crippen LogP contribution is -2.13. The molecule has 1 aliphatic carbocycles. The van der Waals surface area contributed by atoms with Crippen LogP contribution in [0.15, 0.2) is 6.07 Å². The molecule has 2 nitrogen and oxygen atoms in total. The van der Waals surface area contributed by atoms with Crippen LogP contribution in [-0.4, -0.2) is 12.2 Å². The van der Waals surface area contributed by atoms with Gasteiger partial charge in [0.25, 0.3) is 0 Å². The van der Waals surface area contributed by atoms with E-state index in [2.05, 4.69) is 18.3 Å². The Hall–Kier alpha value is -0.730. The predicted octanol–water partition coefficient (Wildman–Crippen LogP) is 2.89. The lowest BCUT2D eigenvalue weighted by molar-refractivity contribution is 0.452. The Labute approximate surface area is 103 Å². The molecular weight excluding hydrogens is 222 g/mol. The molecule has 0 heterocycles. The summed E-state index contributed by atoms with van der Waals surface area (Å²) in [6.45, 7) is 4.17. The molecule has 0 aliphatic heterocycles. The SMILES string of the molecule is CCc1cc(C)c(O)c2c1CCC2NC.Cl. The van der Waals surface area contributed by atoms with Gasteiger partial charge in [0, 0.05) is 11.6 Å². The van der Waals surface area contributed by atoms with Gasteiger partial charge in [-0.1, -0.05) is 13.0 Å². The number of fused-ring (bicyclic) bond motifs is 1. The maximum atomic E-state index is 10.1. The minimum absolute atomic E-state index is 0. The fourth-order valence-electron chi connectivity index (χ4n) is 2.65. The van der Waals surface area contributed by atoms with E-state index in [-0.39, 0.29) is 12.4 Å². The van der Waals surface area contributed by atoms with Crippen molar-refractivity contribution < 1.29 is 5.11 Å². The first kappa shape index (κ1) is 13.3. The van der Waals surface area contributed by atoms with E-state index in [1.165, 1.54) is 11.1 Å². The lowest BCUT2D eigenvalue weighted by atomic mass is 9.96. The van der Waals surface area contributed by atoms with Gasteiger partial charge >= 0.3 is 0 Å². The standard InChI is InChI=1S/C13H19NO.ClH/c1-4-9-7-8(2)13(15)12-10(9)5-6-11(12)14-3;/h7,11,14-15H,4-6H2,1-3H3;1H. The van der Waals surface area contributed by atoms with Crippen molar-refractivity contribution in [2.24, 2.45) is 0 Å². The van der Waals surface area contributed by atoms with Crippen molar-refractivity contribution >= 4 is 12.4 Å². The van der Waals surface area contributed by atoms with Crippen molar-refractivity contribution in [3.63, 3.8) is 0 Å². The van der Waals surface area contributed by atoms with Crippen LogP contribution in [0.4, 0.5) is 0 Å². The molecule has 1 aromatic rings.